The normalized spacial score (nSPS) is 10.1. The molecule has 0 saturated carbocycles. The minimum atomic E-state index is -0.444. The first-order valence-corrected chi connectivity index (χ1v) is 7.89. The van der Waals surface area contributed by atoms with Crippen molar-refractivity contribution in [2.75, 3.05) is 18.5 Å². The largest absolute Gasteiger partial charge is 0.484 e. The van der Waals surface area contributed by atoms with E-state index in [2.05, 4.69) is 5.32 Å². The number of benzene rings is 2. The summed E-state index contributed by atoms with van der Waals surface area (Å²) in [6.45, 7) is 1.79. The molecule has 0 aromatic heterocycles. The Kier molecular flexibility index (Phi) is 6.46. The van der Waals surface area contributed by atoms with Crippen molar-refractivity contribution in [1.82, 2.24) is 0 Å². The fourth-order valence-electron chi connectivity index (χ4n) is 1.90. The van der Waals surface area contributed by atoms with Crippen LogP contribution in [0, 0.1) is 0 Å². The zero-order chi connectivity index (χ0) is 17.5. The van der Waals surface area contributed by atoms with Crippen LogP contribution >= 0.6 is 23.2 Å². The van der Waals surface area contributed by atoms with E-state index in [0.29, 0.717) is 27.0 Å². The van der Waals surface area contributed by atoms with E-state index < -0.39 is 5.97 Å². The Morgan fingerprint density at radius 1 is 1.08 bits per heavy atom. The summed E-state index contributed by atoms with van der Waals surface area (Å²) in [5.41, 5.74) is 0.831. The monoisotopic (exact) mass is 367 g/mol. The molecule has 0 radical (unpaired) electrons. The third-order valence-electron chi connectivity index (χ3n) is 2.86. The SMILES string of the molecule is CCOC(=O)c1cccc(OCC(=O)Nc2cc(Cl)cc(Cl)c2)c1. The molecule has 0 aliphatic heterocycles. The maximum absolute atomic E-state index is 11.9. The van der Waals surface area contributed by atoms with Crippen LogP contribution in [0.15, 0.2) is 42.5 Å². The molecule has 126 valence electrons. The summed E-state index contributed by atoms with van der Waals surface area (Å²) in [7, 11) is 0. The van der Waals surface area contributed by atoms with Gasteiger partial charge in [-0.2, -0.15) is 0 Å². The number of amides is 1. The van der Waals surface area contributed by atoms with Crippen LogP contribution < -0.4 is 10.1 Å². The lowest BCUT2D eigenvalue weighted by Gasteiger charge is -2.09. The Balaban J connectivity index is 1.94. The maximum atomic E-state index is 11.9. The molecule has 0 atom stereocenters. The van der Waals surface area contributed by atoms with Gasteiger partial charge in [-0.25, -0.2) is 4.79 Å². The van der Waals surface area contributed by atoms with Crippen LogP contribution in [-0.2, 0) is 9.53 Å². The van der Waals surface area contributed by atoms with Crippen molar-refractivity contribution in [3.8, 4) is 5.75 Å². The highest BCUT2D eigenvalue weighted by molar-refractivity contribution is 6.35. The second-order valence-corrected chi connectivity index (χ2v) is 5.62. The van der Waals surface area contributed by atoms with Crippen molar-refractivity contribution >= 4 is 40.8 Å². The highest BCUT2D eigenvalue weighted by Gasteiger charge is 2.09. The third kappa shape index (κ3) is 5.44. The van der Waals surface area contributed by atoms with Crippen LogP contribution in [0.3, 0.4) is 0 Å². The molecule has 0 fully saturated rings. The van der Waals surface area contributed by atoms with E-state index in [1.165, 1.54) is 6.07 Å². The fraction of sp³-hybridized carbons (Fsp3) is 0.176. The summed E-state index contributed by atoms with van der Waals surface area (Å²) in [4.78, 5) is 23.6. The van der Waals surface area contributed by atoms with Gasteiger partial charge in [0, 0.05) is 15.7 Å². The Bertz CT molecular complexity index is 729. The number of hydrogen-bond acceptors (Lipinski definition) is 4. The van der Waals surface area contributed by atoms with Crippen molar-refractivity contribution in [3.05, 3.63) is 58.1 Å². The number of nitrogens with one attached hydrogen (secondary N) is 1. The zero-order valence-corrected chi connectivity index (χ0v) is 14.4. The van der Waals surface area contributed by atoms with Crippen molar-refractivity contribution in [2.45, 2.75) is 6.92 Å². The summed E-state index contributed by atoms with van der Waals surface area (Å²) >= 11 is 11.7. The van der Waals surface area contributed by atoms with Crippen molar-refractivity contribution in [2.24, 2.45) is 0 Å². The first-order valence-electron chi connectivity index (χ1n) is 7.14. The number of anilines is 1. The summed E-state index contributed by atoms with van der Waals surface area (Å²) in [5.74, 6) is -0.435. The molecule has 24 heavy (non-hydrogen) atoms. The number of hydrogen-bond donors (Lipinski definition) is 1. The van der Waals surface area contributed by atoms with Crippen LogP contribution in [0.2, 0.25) is 10.0 Å². The van der Waals surface area contributed by atoms with Crippen molar-refractivity contribution in [1.29, 1.82) is 0 Å². The Labute approximate surface area is 149 Å². The van der Waals surface area contributed by atoms with E-state index in [1.54, 1.807) is 43.3 Å². The molecule has 0 aliphatic rings. The minimum Gasteiger partial charge on any atom is -0.484 e. The first kappa shape index (κ1) is 18.1. The van der Waals surface area contributed by atoms with Gasteiger partial charge in [0.05, 0.1) is 12.2 Å². The van der Waals surface area contributed by atoms with Gasteiger partial charge >= 0.3 is 5.97 Å². The molecule has 5 nitrogen and oxygen atoms in total. The van der Waals surface area contributed by atoms with Gasteiger partial charge in [0.1, 0.15) is 5.75 Å². The van der Waals surface area contributed by atoms with Crippen LogP contribution in [-0.4, -0.2) is 25.1 Å². The maximum Gasteiger partial charge on any atom is 0.338 e. The minimum absolute atomic E-state index is 0.226. The van der Waals surface area contributed by atoms with Gasteiger partial charge < -0.3 is 14.8 Å². The Morgan fingerprint density at radius 3 is 2.46 bits per heavy atom. The molecule has 0 heterocycles. The second kappa shape index (κ2) is 8.57. The molecule has 2 aromatic carbocycles. The number of esters is 1. The lowest BCUT2D eigenvalue weighted by atomic mass is 10.2. The van der Waals surface area contributed by atoms with Crippen LogP contribution in [0.4, 0.5) is 5.69 Å². The predicted molar refractivity (Wildman–Crippen MR) is 93.0 cm³/mol. The zero-order valence-electron chi connectivity index (χ0n) is 12.8. The number of carbonyl (C=O) groups excluding carboxylic acids is 2. The van der Waals surface area contributed by atoms with Gasteiger partial charge in [-0.3, -0.25) is 4.79 Å². The van der Waals surface area contributed by atoms with Gasteiger partial charge in [0.15, 0.2) is 6.61 Å². The topological polar surface area (TPSA) is 64.6 Å². The molecule has 1 N–H and O–H groups in total. The summed E-state index contributed by atoms with van der Waals surface area (Å²) in [6.07, 6.45) is 0. The van der Waals surface area contributed by atoms with Gasteiger partial charge in [-0.15, -0.1) is 0 Å². The van der Waals surface area contributed by atoms with Gasteiger partial charge in [0.2, 0.25) is 0 Å². The van der Waals surface area contributed by atoms with Crippen LogP contribution in [0.5, 0.6) is 5.75 Å². The number of halogens is 2. The summed E-state index contributed by atoms with van der Waals surface area (Å²) in [6, 6.07) is 11.1. The molecule has 2 rings (SSSR count). The second-order valence-electron chi connectivity index (χ2n) is 4.74. The van der Waals surface area contributed by atoms with Crippen LogP contribution in [0.1, 0.15) is 17.3 Å². The van der Waals surface area contributed by atoms with E-state index in [9.17, 15) is 9.59 Å². The number of ether oxygens (including phenoxy) is 2. The van der Waals surface area contributed by atoms with Crippen molar-refractivity contribution < 1.29 is 19.1 Å². The average molecular weight is 368 g/mol. The molecule has 0 saturated heterocycles. The van der Waals surface area contributed by atoms with Gasteiger partial charge in [0.25, 0.3) is 5.91 Å². The lowest BCUT2D eigenvalue weighted by Crippen LogP contribution is -2.20. The summed E-state index contributed by atoms with van der Waals surface area (Å²) in [5, 5.41) is 3.46. The van der Waals surface area contributed by atoms with Crippen LogP contribution in [0.25, 0.3) is 0 Å². The molecule has 0 unspecified atom stereocenters. The van der Waals surface area contributed by atoms with Gasteiger partial charge in [-0.05, 0) is 43.3 Å². The van der Waals surface area contributed by atoms with E-state index in [1.807, 2.05) is 0 Å². The molecule has 1 amide bonds. The lowest BCUT2D eigenvalue weighted by molar-refractivity contribution is -0.118. The first-order chi connectivity index (χ1) is 11.5. The standard InChI is InChI=1S/C17H15Cl2NO4/c1-2-23-17(22)11-4-3-5-15(6-11)24-10-16(21)20-14-8-12(18)7-13(19)9-14/h3-9H,2,10H2,1H3,(H,20,21). The van der Waals surface area contributed by atoms with E-state index >= 15 is 0 Å². The Hall–Kier alpha value is -2.24. The van der Waals surface area contributed by atoms with E-state index in [-0.39, 0.29) is 19.1 Å². The quantitative estimate of drug-likeness (QED) is 0.777. The van der Waals surface area contributed by atoms with Crippen molar-refractivity contribution in [3.63, 3.8) is 0 Å². The Morgan fingerprint density at radius 2 is 1.79 bits per heavy atom. The highest BCUT2D eigenvalue weighted by Crippen LogP contribution is 2.22. The van der Waals surface area contributed by atoms with E-state index in [4.69, 9.17) is 32.7 Å². The van der Waals surface area contributed by atoms with E-state index in [0.717, 1.165) is 0 Å². The molecule has 0 bridgehead atoms. The molecular weight excluding hydrogens is 353 g/mol. The number of rotatable bonds is 6. The molecular formula is C17H15Cl2NO4. The molecule has 0 aliphatic carbocycles. The molecule has 7 heteroatoms. The molecule has 0 spiro atoms. The third-order valence-corrected chi connectivity index (χ3v) is 3.30. The molecule has 2 aromatic rings. The highest BCUT2D eigenvalue weighted by atomic mass is 35.5. The number of carbonyl (C=O) groups is 2. The summed E-state index contributed by atoms with van der Waals surface area (Å²) < 4.78 is 10.3. The average Bonchev–Trinajstić information content (AvgIpc) is 2.52. The fourth-order valence-corrected chi connectivity index (χ4v) is 2.43. The smallest absolute Gasteiger partial charge is 0.338 e. The van der Waals surface area contributed by atoms with Gasteiger partial charge in [-0.1, -0.05) is 29.3 Å². The predicted octanol–water partition coefficient (Wildman–Crippen LogP) is 4.19.